The Labute approximate surface area is 159 Å². The number of rotatable bonds is 7. The summed E-state index contributed by atoms with van der Waals surface area (Å²) in [6.07, 6.45) is 2.02. The molecule has 0 fully saturated rings. The van der Waals surface area contributed by atoms with Crippen LogP contribution in [-0.2, 0) is 18.8 Å². The van der Waals surface area contributed by atoms with E-state index in [-0.39, 0.29) is 5.82 Å². The highest BCUT2D eigenvalue weighted by Crippen LogP contribution is 2.16. The molecule has 2 aromatic carbocycles. The molecule has 0 aromatic heterocycles. The van der Waals surface area contributed by atoms with Crippen molar-refractivity contribution in [2.75, 3.05) is 32.3 Å². The monoisotopic (exact) mass is 374 g/mol. The number of benzene rings is 2. The van der Waals surface area contributed by atoms with E-state index in [1.165, 1.54) is 17.3 Å². The predicted octanol–water partition coefficient (Wildman–Crippen LogP) is 3.62. The van der Waals surface area contributed by atoms with E-state index in [4.69, 9.17) is 0 Å². The zero-order valence-corrected chi connectivity index (χ0v) is 16.7. The van der Waals surface area contributed by atoms with Crippen LogP contribution >= 0.6 is 11.8 Å². The van der Waals surface area contributed by atoms with Crippen LogP contribution in [0, 0.1) is 5.82 Å². The van der Waals surface area contributed by atoms with Gasteiger partial charge in [0.25, 0.3) is 0 Å². The van der Waals surface area contributed by atoms with E-state index < -0.39 is 0 Å². The summed E-state index contributed by atoms with van der Waals surface area (Å²) in [6.45, 7) is 1.30. The van der Waals surface area contributed by atoms with Crippen LogP contribution in [0.4, 0.5) is 10.1 Å². The molecule has 0 bridgehead atoms. The van der Waals surface area contributed by atoms with Crippen LogP contribution in [0.15, 0.2) is 47.5 Å². The van der Waals surface area contributed by atoms with Gasteiger partial charge in [-0.15, -0.1) is 0 Å². The van der Waals surface area contributed by atoms with Crippen LogP contribution in [0.1, 0.15) is 16.7 Å². The third-order valence-corrected chi connectivity index (χ3v) is 4.65. The van der Waals surface area contributed by atoms with E-state index >= 15 is 0 Å². The standard InChI is InChI=1S/C20H27FN4S/c1-22-20(23-12-15-5-9-19(10-6-15)25(2)3)24-13-16-7-8-18(21)11-17(16)14-26-4/h5-11H,12-14H2,1-4H3,(H2,22,23,24). The van der Waals surface area contributed by atoms with Crippen molar-refractivity contribution in [1.82, 2.24) is 10.6 Å². The molecule has 0 aliphatic heterocycles. The Morgan fingerprint density at radius 2 is 1.73 bits per heavy atom. The average molecular weight is 375 g/mol. The first-order valence-corrected chi connectivity index (χ1v) is 9.90. The van der Waals surface area contributed by atoms with Crippen molar-refractivity contribution in [1.29, 1.82) is 0 Å². The highest BCUT2D eigenvalue weighted by Gasteiger charge is 2.06. The number of hydrogen-bond acceptors (Lipinski definition) is 3. The first-order valence-electron chi connectivity index (χ1n) is 8.50. The summed E-state index contributed by atoms with van der Waals surface area (Å²) in [4.78, 5) is 6.34. The summed E-state index contributed by atoms with van der Waals surface area (Å²) in [7, 11) is 5.80. The maximum Gasteiger partial charge on any atom is 0.191 e. The van der Waals surface area contributed by atoms with E-state index in [0.29, 0.717) is 13.1 Å². The molecular weight excluding hydrogens is 347 g/mol. The molecule has 2 aromatic rings. The quantitative estimate of drug-likeness (QED) is 0.574. The molecule has 0 radical (unpaired) electrons. The maximum atomic E-state index is 13.5. The van der Waals surface area contributed by atoms with Gasteiger partial charge in [0.05, 0.1) is 0 Å². The molecule has 2 N–H and O–H groups in total. The molecule has 0 atom stereocenters. The lowest BCUT2D eigenvalue weighted by atomic mass is 10.1. The van der Waals surface area contributed by atoms with Crippen molar-refractivity contribution < 1.29 is 4.39 Å². The molecule has 4 nitrogen and oxygen atoms in total. The molecular formula is C20H27FN4S. The van der Waals surface area contributed by atoms with Crippen molar-refractivity contribution in [2.24, 2.45) is 4.99 Å². The molecule has 0 aliphatic carbocycles. The van der Waals surface area contributed by atoms with Gasteiger partial charge >= 0.3 is 0 Å². The summed E-state index contributed by atoms with van der Waals surface area (Å²) < 4.78 is 13.5. The fourth-order valence-corrected chi connectivity index (χ4v) is 3.13. The Morgan fingerprint density at radius 3 is 2.35 bits per heavy atom. The topological polar surface area (TPSA) is 39.7 Å². The summed E-state index contributed by atoms with van der Waals surface area (Å²) >= 11 is 1.68. The molecule has 0 saturated heterocycles. The van der Waals surface area contributed by atoms with Gasteiger partial charge in [0.15, 0.2) is 5.96 Å². The van der Waals surface area contributed by atoms with E-state index in [1.54, 1.807) is 24.9 Å². The number of anilines is 1. The smallest absolute Gasteiger partial charge is 0.191 e. The molecule has 0 spiro atoms. The third kappa shape index (κ3) is 5.95. The third-order valence-electron chi connectivity index (χ3n) is 4.05. The highest BCUT2D eigenvalue weighted by molar-refractivity contribution is 7.97. The van der Waals surface area contributed by atoms with Crippen molar-refractivity contribution in [3.8, 4) is 0 Å². The van der Waals surface area contributed by atoms with Gasteiger partial charge in [-0.2, -0.15) is 11.8 Å². The fourth-order valence-electron chi connectivity index (χ4n) is 2.55. The van der Waals surface area contributed by atoms with Gasteiger partial charge in [0, 0.05) is 45.7 Å². The van der Waals surface area contributed by atoms with Crippen LogP contribution in [0.5, 0.6) is 0 Å². The van der Waals surface area contributed by atoms with Gasteiger partial charge in [-0.3, -0.25) is 4.99 Å². The first kappa shape index (κ1) is 20.1. The van der Waals surface area contributed by atoms with Gasteiger partial charge in [-0.05, 0) is 47.2 Å². The summed E-state index contributed by atoms with van der Waals surface area (Å²) in [5, 5.41) is 6.62. The minimum atomic E-state index is -0.193. The molecule has 0 unspecified atom stereocenters. The highest BCUT2D eigenvalue weighted by atomic mass is 32.2. The van der Waals surface area contributed by atoms with Crippen LogP contribution in [0.2, 0.25) is 0 Å². The van der Waals surface area contributed by atoms with E-state index in [9.17, 15) is 4.39 Å². The number of hydrogen-bond donors (Lipinski definition) is 2. The SMILES string of the molecule is CN=C(NCc1ccc(N(C)C)cc1)NCc1ccc(F)cc1CSC. The fraction of sp³-hybridized carbons (Fsp3) is 0.350. The van der Waals surface area contributed by atoms with Gasteiger partial charge in [-0.1, -0.05) is 18.2 Å². The van der Waals surface area contributed by atoms with Crippen molar-refractivity contribution >= 4 is 23.4 Å². The Kier molecular flexibility index (Phi) is 7.78. The Hall–Kier alpha value is -2.21. The number of thioether (sulfide) groups is 1. The van der Waals surface area contributed by atoms with E-state index in [1.807, 2.05) is 26.4 Å². The second kappa shape index (κ2) is 10.1. The van der Waals surface area contributed by atoms with Crippen molar-refractivity contribution in [2.45, 2.75) is 18.8 Å². The van der Waals surface area contributed by atoms with Crippen molar-refractivity contribution in [3.05, 3.63) is 65.0 Å². The summed E-state index contributed by atoms with van der Waals surface area (Å²) in [5.74, 6) is 1.32. The number of nitrogens with zero attached hydrogens (tertiary/aromatic N) is 2. The van der Waals surface area contributed by atoms with Gasteiger partial charge in [0.1, 0.15) is 5.82 Å². The average Bonchev–Trinajstić information content (AvgIpc) is 2.64. The van der Waals surface area contributed by atoms with E-state index in [2.05, 4.69) is 44.8 Å². The lowest BCUT2D eigenvalue weighted by Crippen LogP contribution is -2.36. The largest absolute Gasteiger partial charge is 0.378 e. The molecule has 0 heterocycles. The molecule has 0 aliphatic rings. The lowest BCUT2D eigenvalue weighted by Gasteiger charge is -2.15. The number of aliphatic imine (C=N–C) groups is 1. The lowest BCUT2D eigenvalue weighted by molar-refractivity contribution is 0.625. The molecule has 6 heteroatoms. The number of guanidine groups is 1. The zero-order valence-electron chi connectivity index (χ0n) is 15.8. The summed E-state index contributed by atoms with van der Waals surface area (Å²) in [5.41, 5.74) is 4.45. The first-order chi connectivity index (χ1) is 12.5. The van der Waals surface area contributed by atoms with Gasteiger partial charge in [-0.25, -0.2) is 4.39 Å². The summed E-state index contributed by atoms with van der Waals surface area (Å²) in [6, 6.07) is 13.3. The predicted molar refractivity (Wildman–Crippen MR) is 111 cm³/mol. The van der Waals surface area contributed by atoms with Crippen LogP contribution in [-0.4, -0.2) is 33.4 Å². The minimum Gasteiger partial charge on any atom is -0.378 e. The van der Waals surface area contributed by atoms with Crippen LogP contribution in [0.3, 0.4) is 0 Å². The van der Waals surface area contributed by atoms with Gasteiger partial charge < -0.3 is 15.5 Å². The second-order valence-corrected chi connectivity index (χ2v) is 7.05. The maximum absolute atomic E-state index is 13.5. The van der Waals surface area contributed by atoms with Crippen LogP contribution in [0.25, 0.3) is 0 Å². The second-order valence-electron chi connectivity index (χ2n) is 6.19. The molecule has 2 rings (SSSR count). The number of halogens is 1. The minimum absolute atomic E-state index is 0.193. The van der Waals surface area contributed by atoms with Crippen LogP contribution < -0.4 is 15.5 Å². The zero-order chi connectivity index (χ0) is 18.9. The molecule has 140 valence electrons. The Morgan fingerprint density at radius 1 is 1.04 bits per heavy atom. The number of nitrogens with one attached hydrogen (secondary N) is 2. The normalized spacial score (nSPS) is 11.3. The Bertz CT molecular complexity index is 729. The molecule has 26 heavy (non-hydrogen) atoms. The van der Waals surface area contributed by atoms with E-state index in [0.717, 1.165) is 22.8 Å². The van der Waals surface area contributed by atoms with Crippen molar-refractivity contribution in [3.63, 3.8) is 0 Å². The Balaban J connectivity index is 1.92. The molecule has 0 saturated carbocycles. The van der Waals surface area contributed by atoms with Gasteiger partial charge in [0.2, 0.25) is 0 Å². The molecule has 0 amide bonds.